The van der Waals surface area contributed by atoms with Crippen molar-refractivity contribution in [2.75, 3.05) is 13.1 Å². The fraction of sp³-hybridized carbons (Fsp3) is 0.455. The number of hydrogen-bond donors (Lipinski definition) is 2. The zero-order valence-electron chi connectivity index (χ0n) is 10.7. The lowest BCUT2D eigenvalue weighted by atomic mass is 10.2. The van der Waals surface area contributed by atoms with Crippen molar-refractivity contribution in [3.05, 3.63) is 24.1 Å². The molecule has 19 heavy (non-hydrogen) atoms. The van der Waals surface area contributed by atoms with Gasteiger partial charge in [0.15, 0.2) is 5.82 Å². The molecule has 1 aromatic heterocycles. The molecule has 0 spiro atoms. The summed E-state index contributed by atoms with van der Waals surface area (Å²) in [5, 5.41) is 1.82. The molecule has 0 unspecified atom stereocenters. The lowest BCUT2D eigenvalue weighted by Gasteiger charge is -2.09. The fourth-order valence-corrected chi connectivity index (χ4v) is 2.16. The maximum atomic E-state index is 13.3. The SMILES string of the molecule is CC(C)CNC(=O)CNS(=O)(=O)c1ncccc1F. The van der Waals surface area contributed by atoms with E-state index < -0.39 is 33.3 Å². The summed E-state index contributed by atoms with van der Waals surface area (Å²) in [7, 11) is -4.12. The molecule has 0 aliphatic heterocycles. The van der Waals surface area contributed by atoms with Crippen molar-refractivity contribution in [2.45, 2.75) is 18.9 Å². The summed E-state index contributed by atoms with van der Waals surface area (Å²) in [5.74, 6) is -1.18. The van der Waals surface area contributed by atoms with Gasteiger partial charge in [0.05, 0.1) is 6.54 Å². The Morgan fingerprint density at radius 2 is 2.16 bits per heavy atom. The predicted octanol–water partition coefficient (Wildman–Crippen LogP) is 0.271. The van der Waals surface area contributed by atoms with Crippen LogP contribution in [0.2, 0.25) is 0 Å². The molecular weight excluding hydrogens is 273 g/mol. The van der Waals surface area contributed by atoms with E-state index in [2.05, 4.69) is 10.3 Å². The number of halogens is 1. The molecule has 0 radical (unpaired) electrons. The van der Waals surface area contributed by atoms with Crippen LogP contribution in [0.1, 0.15) is 13.8 Å². The number of rotatable bonds is 6. The number of aromatic nitrogens is 1. The van der Waals surface area contributed by atoms with Crippen molar-refractivity contribution in [1.82, 2.24) is 15.0 Å². The molecule has 0 fully saturated rings. The molecule has 0 bridgehead atoms. The topological polar surface area (TPSA) is 88.2 Å². The minimum atomic E-state index is -4.12. The van der Waals surface area contributed by atoms with E-state index in [1.807, 2.05) is 18.6 Å². The van der Waals surface area contributed by atoms with Crippen LogP contribution < -0.4 is 10.0 Å². The molecule has 1 rings (SSSR count). The maximum Gasteiger partial charge on any atom is 0.261 e. The zero-order valence-corrected chi connectivity index (χ0v) is 11.5. The Hall–Kier alpha value is -1.54. The highest BCUT2D eigenvalue weighted by Crippen LogP contribution is 2.09. The number of nitrogens with one attached hydrogen (secondary N) is 2. The minimum Gasteiger partial charge on any atom is -0.355 e. The van der Waals surface area contributed by atoms with E-state index in [1.165, 1.54) is 6.07 Å². The number of pyridine rings is 1. The molecule has 1 heterocycles. The highest BCUT2D eigenvalue weighted by molar-refractivity contribution is 7.89. The standard InChI is InChI=1S/C11H16FN3O3S/c1-8(2)6-14-10(16)7-15-19(17,18)11-9(12)4-3-5-13-11/h3-5,8,15H,6-7H2,1-2H3,(H,14,16). The third-order valence-electron chi connectivity index (χ3n) is 2.11. The molecule has 8 heteroatoms. The Kier molecular flexibility index (Phi) is 5.37. The molecule has 0 saturated heterocycles. The lowest BCUT2D eigenvalue weighted by Crippen LogP contribution is -2.38. The molecule has 1 amide bonds. The van der Waals surface area contributed by atoms with Crippen LogP contribution in [-0.2, 0) is 14.8 Å². The van der Waals surface area contributed by atoms with Crippen molar-refractivity contribution >= 4 is 15.9 Å². The average Bonchev–Trinajstić information content (AvgIpc) is 2.34. The fourth-order valence-electron chi connectivity index (χ4n) is 1.18. The average molecular weight is 289 g/mol. The largest absolute Gasteiger partial charge is 0.355 e. The second-order valence-electron chi connectivity index (χ2n) is 4.31. The van der Waals surface area contributed by atoms with Crippen LogP contribution in [0.25, 0.3) is 0 Å². The van der Waals surface area contributed by atoms with Crippen LogP contribution in [0.15, 0.2) is 23.4 Å². The monoisotopic (exact) mass is 289 g/mol. The first-order valence-electron chi connectivity index (χ1n) is 5.70. The molecule has 0 aliphatic rings. The predicted molar refractivity (Wildman–Crippen MR) is 67.2 cm³/mol. The highest BCUT2D eigenvalue weighted by atomic mass is 32.2. The summed E-state index contributed by atoms with van der Waals surface area (Å²) in [6.07, 6.45) is 1.16. The number of carbonyl (C=O) groups is 1. The van der Waals surface area contributed by atoms with E-state index in [4.69, 9.17) is 0 Å². The molecule has 0 atom stereocenters. The van der Waals surface area contributed by atoms with Crippen molar-refractivity contribution in [3.63, 3.8) is 0 Å². The van der Waals surface area contributed by atoms with Gasteiger partial charge >= 0.3 is 0 Å². The van der Waals surface area contributed by atoms with Crippen molar-refractivity contribution < 1.29 is 17.6 Å². The normalized spacial score (nSPS) is 11.6. The second kappa shape index (κ2) is 6.58. The van der Waals surface area contributed by atoms with Gasteiger partial charge in [-0.05, 0) is 18.1 Å². The first-order chi connectivity index (χ1) is 8.83. The van der Waals surface area contributed by atoms with Crippen molar-refractivity contribution in [1.29, 1.82) is 0 Å². The van der Waals surface area contributed by atoms with Gasteiger partial charge in [-0.3, -0.25) is 4.79 Å². The number of hydrogen-bond acceptors (Lipinski definition) is 4. The Morgan fingerprint density at radius 1 is 1.47 bits per heavy atom. The van der Waals surface area contributed by atoms with Crippen LogP contribution in [-0.4, -0.2) is 32.4 Å². The Labute approximate surface area is 111 Å². The molecule has 0 aromatic carbocycles. The number of carbonyl (C=O) groups excluding carboxylic acids is 1. The van der Waals surface area contributed by atoms with Gasteiger partial charge in [0, 0.05) is 12.7 Å². The molecule has 0 saturated carbocycles. The lowest BCUT2D eigenvalue weighted by molar-refractivity contribution is -0.120. The van der Waals surface area contributed by atoms with Gasteiger partial charge in [0.2, 0.25) is 10.9 Å². The molecule has 0 aliphatic carbocycles. The van der Waals surface area contributed by atoms with Gasteiger partial charge in [0.1, 0.15) is 0 Å². The Morgan fingerprint density at radius 3 is 2.74 bits per heavy atom. The first-order valence-corrected chi connectivity index (χ1v) is 7.18. The second-order valence-corrected chi connectivity index (χ2v) is 6.00. The summed E-state index contributed by atoms with van der Waals surface area (Å²) in [5.41, 5.74) is 0. The molecule has 1 aromatic rings. The van der Waals surface area contributed by atoms with E-state index in [1.54, 1.807) is 0 Å². The van der Waals surface area contributed by atoms with Crippen molar-refractivity contribution in [3.8, 4) is 0 Å². The quantitative estimate of drug-likeness (QED) is 0.787. The Balaban J connectivity index is 2.62. The number of sulfonamides is 1. The molecule has 106 valence electrons. The molecule has 2 N–H and O–H groups in total. The van der Waals surface area contributed by atoms with Gasteiger partial charge in [-0.1, -0.05) is 13.8 Å². The van der Waals surface area contributed by atoms with E-state index >= 15 is 0 Å². The Bertz CT molecular complexity index is 546. The highest BCUT2D eigenvalue weighted by Gasteiger charge is 2.21. The van der Waals surface area contributed by atoms with Gasteiger partial charge < -0.3 is 5.32 Å². The maximum absolute atomic E-state index is 13.3. The number of nitrogens with zero attached hydrogens (tertiary/aromatic N) is 1. The van der Waals surface area contributed by atoms with Crippen LogP contribution in [0.3, 0.4) is 0 Å². The summed E-state index contributed by atoms with van der Waals surface area (Å²) >= 11 is 0. The van der Waals surface area contributed by atoms with E-state index in [0.717, 1.165) is 12.3 Å². The van der Waals surface area contributed by atoms with E-state index in [0.29, 0.717) is 6.54 Å². The molecular formula is C11H16FN3O3S. The third kappa shape index (κ3) is 4.92. The third-order valence-corrected chi connectivity index (χ3v) is 3.44. The summed E-state index contributed by atoms with van der Waals surface area (Å²) < 4.78 is 38.7. The zero-order chi connectivity index (χ0) is 14.5. The first kappa shape index (κ1) is 15.5. The van der Waals surface area contributed by atoms with E-state index in [-0.39, 0.29) is 5.92 Å². The number of amides is 1. The van der Waals surface area contributed by atoms with Gasteiger partial charge in [0.25, 0.3) is 10.0 Å². The minimum absolute atomic E-state index is 0.258. The summed E-state index contributed by atoms with van der Waals surface area (Å²) in [6, 6.07) is 2.27. The van der Waals surface area contributed by atoms with Crippen LogP contribution in [0, 0.1) is 11.7 Å². The summed E-state index contributed by atoms with van der Waals surface area (Å²) in [4.78, 5) is 14.8. The van der Waals surface area contributed by atoms with Crippen LogP contribution >= 0.6 is 0 Å². The molecule has 6 nitrogen and oxygen atoms in total. The van der Waals surface area contributed by atoms with Crippen molar-refractivity contribution in [2.24, 2.45) is 5.92 Å². The summed E-state index contributed by atoms with van der Waals surface area (Å²) in [6.45, 7) is 3.81. The van der Waals surface area contributed by atoms with Gasteiger partial charge in [-0.25, -0.2) is 22.5 Å². The van der Waals surface area contributed by atoms with Gasteiger partial charge in [-0.2, -0.15) is 0 Å². The van der Waals surface area contributed by atoms with Crippen LogP contribution in [0.4, 0.5) is 4.39 Å². The van der Waals surface area contributed by atoms with Gasteiger partial charge in [-0.15, -0.1) is 0 Å². The van der Waals surface area contributed by atoms with E-state index in [9.17, 15) is 17.6 Å². The van der Waals surface area contributed by atoms with Crippen LogP contribution in [0.5, 0.6) is 0 Å². The smallest absolute Gasteiger partial charge is 0.261 e.